The van der Waals surface area contributed by atoms with Crippen LogP contribution in [-0.2, 0) is 0 Å². The van der Waals surface area contributed by atoms with Crippen LogP contribution < -0.4 is 0 Å². The molecule has 0 fully saturated rings. The normalized spacial score (nSPS) is 10.7. The predicted octanol–water partition coefficient (Wildman–Crippen LogP) is 3.16. The first-order valence-corrected chi connectivity index (χ1v) is 4.73. The van der Waals surface area contributed by atoms with Crippen LogP contribution in [0.1, 0.15) is 5.56 Å². The SMILES string of the molecule is O/N=C\c1cccc(-c2ccccc2)c1. The van der Waals surface area contributed by atoms with Gasteiger partial charge in [-0.15, -0.1) is 0 Å². The molecule has 2 rings (SSSR count). The van der Waals surface area contributed by atoms with Crippen molar-refractivity contribution in [3.8, 4) is 11.1 Å². The molecule has 2 aromatic carbocycles. The minimum atomic E-state index is 0.888. The van der Waals surface area contributed by atoms with Crippen LogP contribution in [0, 0.1) is 0 Å². The first-order chi connectivity index (χ1) is 7.40. The van der Waals surface area contributed by atoms with Crippen LogP contribution in [0.25, 0.3) is 11.1 Å². The van der Waals surface area contributed by atoms with Crippen LogP contribution in [0.4, 0.5) is 0 Å². The molecule has 0 atom stereocenters. The topological polar surface area (TPSA) is 32.6 Å². The molecular formula is C13H11NO. The lowest BCUT2D eigenvalue weighted by Crippen LogP contribution is -1.82. The second-order valence-corrected chi connectivity index (χ2v) is 3.24. The Balaban J connectivity index is 2.41. The highest BCUT2D eigenvalue weighted by Crippen LogP contribution is 2.19. The van der Waals surface area contributed by atoms with E-state index in [1.165, 1.54) is 6.21 Å². The Morgan fingerprint density at radius 3 is 2.33 bits per heavy atom. The van der Waals surface area contributed by atoms with E-state index < -0.39 is 0 Å². The molecule has 0 spiro atoms. The van der Waals surface area contributed by atoms with E-state index in [9.17, 15) is 0 Å². The molecule has 0 aliphatic rings. The van der Waals surface area contributed by atoms with Crippen molar-refractivity contribution in [3.05, 3.63) is 60.2 Å². The van der Waals surface area contributed by atoms with Crippen LogP contribution >= 0.6 is 0 Å². The van der Waals surface area contributed by atoms with Crippen molar-refractivity contribution in [1.82, 2.24) is 0 Å². The molecule has 0 heterocycles. The molecule has 0 amide bonds. The fourth-order valence-electron chi connectivity index (χ4n) is 1.50. The highest BCUT2D eigenvalue weighted by molar-refractivity contribution is 5.82. The van der Waals surface area contributed by atoms with Gasteiger partial charge in [0.2, 0.25) is 0 Å². The third kappa shape index (κ3) is 2.23. The third-order valence-electron chi connectivity index (χ3n) is 2.20. The Morgan fingerprint density at radius 1 is 0.867 bits per heavy atom. The lowest BCUT2D eigenvalue weighted by atomic mass is 10.0. The molecule has 0 aromatic heterocycles. The van der Waals surface area contributed by atoms with E-state index in [2.05, 4.69) is 17.3 Å². The zero-order chi connectivity index (χ0) is 10.5. The molecule has 0 aliphatic heterocycles. The third-order valence-corrected chi connectivity index (χ3v) is 2.20. The Morgan fingerprint density at radius 2 is 1.60 bits per heavy atom. The summed E-state index contributed by atoms with van der Waals surface area (Å²) in [5, 5.41) is 11.5. The van der Waals surface area contributed by atoms with Gasteiger partial charge in [0.05, 0.1) is 6.21 Å². The summed E-state index contributed by atoms with van der Waals surface area (Å²) < 4.78 is 0. The molecule has 0 saturated carbocycles. The number of hydrogen-bond donors (Lipinski definition) is 1. The zero-order valence-corrected chi connectivity index (χ0v) is 8.17. The molecule has 2 nitrogen and oxygen atoms in total. The van der Waals surface area contributed by atoms with Gasteiger partial charge in [-0.1, -0.05) is 53.7 Å². The highest BCUT2D eigenvalue weighted by atomic mass is 16.4. The van der Waals surface area contributed by atoms with Gasteiger partial charge in [0, 0.05) is 0 Å². The maximum atomic E-state index is 8.45. The van der Waals surface area contributed by atoms with Gasteiger partial charge in [0.1, 0.15) is 0 Å². The van der Waals surface area contributed by atoms with Crippen molar-refractivity contribution < 1.29 is 5.21 Å². The van der Waals surface area contributed by atoms with Crippen LogP contribution in [0.5, 0.6) is 0 Å². The lowest BCUT2D eigenvalue weighted by Gasteiger charge is -2.01. The van der Waals surface area contributed by atoms with Crippen LogP contribution in [-0.4, -0.2) is 11.4 Å². The largest absolute Gasteiger partial charge is 0.411 e. The fourth-order valence-corrected chi connectivity index (χ4v) is 1.50. The summed E-state index contributed by atoms with van der Waals surface area (Å²) in [5.74, 6) is 0. The van der Waals surface area contributed by atoms with Crippen molar-refractivity contribution in [2.24, 2.45) is 5.16 Å². The standard InChI is InChI=1S/C13H11NO/c15-14-10-11-5-4-8-13(9-11)12-6-2-1-3-7-12/h1-10,15H/b14-10-. The van der Waals surface area contributed by atoms with Crippen molar-refractivity contribution in [1.29, 1.82) is 0 Å². The number of benzene rings is 2. The zero-order valence-electron chi connectivity index (χ0n) is 8.17. The quantitative estimate of drug-likeness (QED) is 0.447. The number of hydrogen-bond acceptors (Lipinski definition) is 2. The molecular weight excluding hydrogens is 186 g/mol. The summed E-state index contributed by atoms with van der Waals surface area (Å²) in [5.41, 5.74) is 3.16. The minimum Gasteiger partial charge on any atom is -0.411 e. The van der Waals surface area contributed by atoms with Gasteiger partial charge in [0.25, 0.3) is 0 Å². The maximum Gasteiger partial charge on any atom is 0.0734 e. The summed E-state index contributed by atoms with van der Waals surface area (Å²) in [6.45, 7) is 0. The van der Waals surface area contributed by atoms with Crippen LogP contribution in [0.15, 0.2) is 59.8 Å². The fraction of sp³-hybridized carbons (Fsp3) is 0. The summed E-state index contributed by atoms with van der Waals surface area (Å²) in [7, 11) is 0. The van der Waals surface area contributed by atoms with Crippen molar-refractivity contribution in [2.75, 3.05) is 0 Å². The van der Waals surface area contributed by atoms with E-state index >= 15 is 0 Å². The molecule has 0 unspecified atom stereocenters. The highest BCUT2D eigenvalue weighted by Gasteiger charge is 1.96. The number of rotatable bonds is 2. The summed E-state index contributed by atoms with van der Waals surface area (Å²) in [4.78, 5) is 0. The molecule has 74 valence electrons. The van der Waals surface area contributed by atoms with E-state index in [0.717, 1.165) is 16.7 Å². The van der Waals surface area contributed by atoms with Crippen LogP contribution in [0.3, 0.4) is 0 Å². The maximum absolute atomic E-state index is 8.45. The Kier molecular flexibility index (Phi) is 2.79. The smallest absolute Gasteiger partial charge is 0.0734 e. The molecule has 2 aromatic rings. The van der Waals surface area contributed by atoms with Gasteiger partial charge in [-0.25, -0.2) is 0 Å². The second kappa shape index (κ2) is 4.42. The summed E-state index contributed by atoms with van der Waals surface area (Å²) in [6, 6.07) is 17.9. The number of oxime groups is 1. The van der Waals surface area contributed by atoms with E-state index in [1.54, 1.807) is 0 Å². The molecule has 0 aliphatic carbocycles. The molecule has 1 N–H and O–H groups in total. The van der Waals surface area contributed by atoms with Gasteiger partial charge in [-0.3, -0.25) is 0 Å². The van der Waals surface area contributed by atoms with E-state index in [0.29, 0.717) is 0 Å². The van der Waals surface area contributed by atoms with Gasteiger partial charge >= 0.3 is 0 Å². The van der Waals surface area contributed by atoms with Gasteiger partial charge in [-0.05, 0) is 22.8 Å². The van der Waals surface area contributed by atoms with E-state index in [1.807, 2.05) is 42.5 Å². The Hall–Kier alpha value is -2.09. The van der Waals surface area contributed by atoms with Gasteiger partial charge < -0.3 is 5.21 Å². The first-order valence-electron chi connectivity index (χ1n) is 4.73. The van der Waals surface area contributed by atoms with Crippen molar-refractivity contribution in [3.63, 3.8) is 0 Å². The Labute approximate surface area is 88.5 Å². The molecule has 0 saturated heterocycles. The average Bonchev–Trinajstić information content (AvgIpc) is 2.31. The van der Waals surface area contributed by atoms with Gasteiger partial charge in [0.15, 0.2) is 0 Å². The van der Waals surface area contributed by atoms with Crippen molar-refractivity contribution >= 4 is 6.21 Å². The molecule has 15 heavy (non-hydrogen) atoms. The van der Waals surface area contributed by atoms with E-state index in [-0.39, 0.29) is 0 Å². The molecule has 0 radical (unpaired) electrons. The van der Waals surface area contributed by atoms with E-state index in [4.69, 9.17) is 5.21 Å². The number of nitrogens with zero attached hydrogens (tertiary/aromatic N) is 1. The molecule has 0 bridgehead atoms. The monoisotopic (exact) mass is 197 g/mol. The lowest BCUT2D eigenvalue weighted by molar-refractivity contribution is 0.322. The summed E-state index contributed by atoms with van der Waals surface area (Å²) in [6.07, 6.45) is 1.42. The second-order valence-electron chi connectivity index (χ2n) is 3.24. The predicted molar refractivity (Wildman–Crippen MR) is 61.3 cm³/mol. The van der Waals surface area contributed by atoms with Crippen molar-refractivity contribution in [2.45, 2.75) is 0 Å². The van der Waals surface area contributed by atoms with Crippen LogP contribution in [0.2, 0.25) is 0 Å². The van der Waals surface area contributed by atoms with Gasteiger partial charge in [-0.2, -0.15) is 0 Å². The molecule has 2 heteroatoms. The average molecular weight is 197 g/mol. The first kappa shape index (κ1) is 9.46. The minimum absolute atomic E-state index is 0.888. The Bertz CT molecular complexity index is 463. The summed E-state index contributed by atoms with van der Waals surface area (Å²) >= 11 is 0.